The van der Waals surface area contributed by atoms with Crippen LogP contribution in [-0.2, 0) is 28.8 Å². The number of aliphatic carboxylic acids is 1. The molecule has 0 aromatic carbocycles. The smallest absolute Gasteiger partial charge is 0.326 e. The van der Waals surface area contributed by atoms with Gasteiger partial charge < -0.3 is 37.8 Å². The van der Waals surface area contributed by atoms with Crippen LogP contribution in [0.25, 0.3) is 0 Å². The molecular weight excluding hydrogens is 388 g/mol. The second-order valence-corrected chi connectivity index (χ2v) is 6.77. The molecule has 0 saturated carbocycles. The van der Waals surface area contributed by atoms with E-state index in [1.165, 1.54) is 6.92 Å². The highest BCUT2D eigenvalue weighted by molar-refractivity contribution is 5.96. The van der Waals surface area contributed by atoms with E-state index in [9.17, 15) is 33.9 Å². The minimum atomic E-state index is -1.39. The van der Waals surface area contributed by atoms with Crippen LogP contribution in [0.4, 0.5) is 0 Å². The molecule has 29 heavy (non-hydrogen) atoms. The van der Waals surface area contributed by atoms with Crippen molar-refractivity contribution in [3.05, 3.63) is 0 Å². The maximum atomic E-state index is 12.7. The molecule has 9 N–H and O–H groups in total. The van der Waals surface area contributed by atoms with Crippen molar-refractivity contribution in [2.24, 2.45) is 17.2 Å². The van der Waals surface area contributed by atoms with Crippen LogP contribution in [0, 0.1) is 0 Å². The maximum absolute atomic E-state index is 12.7. The van der Waals surface area contributed by atoms with Crippen molar-refractivity contribution in [1.82, 2.24) is 15.5 Å². The highest BCUT2D eigenvalue weighted by atomic mass is 16.4. The third kappa shape index (κ3) is 7.03. The minimum Gasteiger partial charge on any atom is -0.480 e. The zero-order valence-corrected chi connectivity index (χ0v) is 15.9. The van der Waals surface area contributed by atoms with E-state index in [2.05, 4.69) is 10.6 Å². The quantitative estimate of drug-likeness (QED) is 0.207. The van der Waals surface area contributed by atoms with Gasteiger partial charge in [-0.05, 0) is 19.8 Å². The van der Waals surface area contributed by atoms with Crippen molar-refractivity contribution in [2.75, 3.05) is 6.54 Å². The van der Waals surface area contributed by atoms with Gasteiger partial charge in [0.15, 0.2) is 0 Å². The monoisotopic (exact) mass is 414 g/mol. The van der Waals surface area contributed by atoms with Crippen LogP contribution in [0.2, 0.25) is 0 Å². The van der Waals surface area contributed by atoms with Crippen molar-refractivity contribution in [3.8, 4) is 0 Å². The molecule has 13 nitrogen and oxygen atoms in total. The van der Waals surface area contributed by atoms with E-state index < -0.39 is 72.5 Å². The number of nitrogens with one attached hydrogen (secondary N) is 2. The summed E-state index contributed by atoms with van der Waals surface area (Å²) in [5.74, 6) is -5.26. The second kappa shape index (κ2) is 10.4. The standard InChI is InChI=1S/C16H26N6O7/c1-7(20-14(26)8(17)5-11(18)23)13(25)21-9(6-12(19)24)15(27)22-4-2-3-10(22)16(28)29/h7-10H,2-6,17H2,1H3,(H2,18,23)(H2,19,24)(H,20,26)(H,21,25)(H,28,29)/t7?,8?,9?,10-/m0/s1. The van der Waals surface area contributed by atoms with Gasteiger partial charge in [0.1, 0.15) is 18.1 Å². The number of nitrogens with zero attached hydrogens (tertiary/aromatic N) is 1. The fourth-order valence-corrected chi connectivity index (χ4v) is 2.88. The van der Waals surface area contributed by atoms with E-state index in [0.717, 1.165) is 4.90 Å². The lowest BCUT2D eigenvalue weighted by molar-refractivity contribution is -0.149. The number of carbonyl (C=O) groups excluding carboxylic acids is 5. The van der Waals surface area contributed by atoms with Gasteiger partial charge >= 0.3 is 5.97 Å². The summed E-state index contributed by atoms with van der Waals surface area (Å²) in [7, 11) is 0. The molecule has 1 fully saturated rings. The SMILES string of the molecule is CC(NC(=O)C(N)CC(N)=O)C(=O)NC(CC(N)=O)C(=O)N1CCC[C@H]1C(=O)O. The fourth-order valence-electron chi connectivity index (χ4n) is 2.88. The van der Waals surface area contributed by atoms with Crippen molar-refractivity contribution < 1.29 is 33.9 Å². The first-order valence-corrected chi connectivity index (χ1v) is 8.90. The van der Waals surface area contributed by atoms with Gasteiger partial charge in [0, 0.05) is 6.54 Å². The van der Waals surface area contributed by atoms with Crippen LogP contribution >= 0.6 is 0 Å². The summed E-state index contributed by atoms with van der Waals surface area (Å²) >= 11 is 0. The third-order valence-electron chi connectivity index (χ3n) is 4.35. The number of primary amides is 2. The van der Waals surface area contributed by atoms with Crippen LogP contribution in [0.5, 0.6) is 0 Å². The molecule has 0 spiro atoms. The predicted octanol–water partition coefficient (Wildman–Crippen LogP) is -3.87. The average Bonchev–Trinajstić information content (AvgIpc) is 3.09. The van der Waals surface area contributed by atoms with Gasteiger partial charge in [-0.3, -0.25) is 24.0 Å². The van der Waals surface area contributed by atoms with Crippen LogP contribution in [-0.4, -0.2) is 76.2 Å². The summed E-state index contributed by atoms with van der Waals surface area (Å²) in [6.45, 7) is 1.46. The van der Waals surface area contributed by atoms with E-state index in [1.54, 1.807) is 0 Å². The average molecular weight is 414 g/mol. The Labute approximate surface area is 166 Å². The van der Waals surface area contributed by atoms with Gasteiger partial charge in [-0.15, -0.1) is 0 Å². The maximum Gasteiger partial charge on any atom is 0.326 e. The Bertz CT molecular complexity index is 697. The van der Waals surface area contributed by atoms with Crippen LogP contribution in [0.3, 0.4) is 0 Å². The molecule has 4 atom stereocenters. The first-order valence-electron chi connectivity index (χ1n) is 8.90. The van der Waals surface area contributed by atoms with Crippen LogP contribution < -0.4 is 27.8 Å². The Balaban J connectivity index is 2.81. The van der Waals surface area contributed by atoms with Crippen molar-refractivity contribution in [3.63, 3.8) is 0 Å². The van der Waals surface area contributed by atoms with Crippen LogP contribution in [0.15, 0.2) is 0 Å². The summed E-state index contributed by atoms with van der Waals surface area (Å²) < 4.78 is 0. The molecule has 5 amide bonds. The molecule has 162 valence electrons. The number of carboxylic acid groups (broad SMARTS) is 1. The summed E-state index contributed by atoms with van der Waals surface area (Å²) in [6, 6.07) is -4.87. The molecule has 1 heterocycles. The first kappa shape index (κ1) is 23.8. The Morgan fingerprint density at radius 1 is 1.03 bits per heavy atom. The molecule has 1 rings (SSSR count). The molecule has 0 radical (unpaired) electrons. The molecule has 1 aliphatic rings. The highest BCUT2D eigenvalue weighted by Gasteiger charge is 2.38. The van der Waals surface area contributed by atoms with E-state index in [-0.39, 0.29) is 13.0 Å². The van der Waals surface area contributed by atoms with E-state index in [1.807, 2.05) is 0 Å². The molecular formula is C16H26N6O7. The van der Waals surface area contributed by atoms with E-state index >= 15 is 0 Å². The molecule has 1 saturated heterocycles. The van der Waals surface area contributed by atoms with Crippen molar-refractivity contribution in [1.29, 1.82) is 0 Å². The lowest BCUT2D eigenvalue weighted by Crippen LogP contribution is -2.57. The summed E-state index contributed by atoms with van der Waals surface area (Å²) in [5.41, 5.74) is 15.6. The highest BCUT2D eigenvalue weighted by Crippen LogP contribution is 2.19. The van der Waals surface area contributed by atoms with Gasteiger partial charge in [-0.25, -0.2) is 4.79 Å². The largest absolute Gasteiger partial charge is 0.480 e. The molecule has 0 aliphatic carbocycles. The number of amides is 5. The normalized spacial score (nSPS) is 19.0. The number of likely N-dealkylation sites (tertiary alicyclic amines) is 1. The molecule has 0 aromatic heterocycles. The molecule has 0 bridgehead atoms. The number of carboxylic acids is 1. The zero-order chi connectivity index (χ0) is 22.3. The summed E-state index contributed by atoms with van der Waals surface area (Å²) in [4.78, 5) is 71.4. The molecule has 13 heteroatoms. The zero-order valence-electron chi connectivity index (χ0n) is 15.9. The fraction of sp³-hybridized carbons (Fsp3) is 0.625. The Morgan fingerprint density at radius 3 is 2.14 bits per heavy atom. The van der Waals surface area contributed by atoms with E-state index in [0.29, 0.717) is 6.42 Å². The second-order valence-electron chi connectivity index (χ2n) is 6.77. The molecule has 3 unspecified atom stereocenters. The van der Waals surface area contributed by atoms with Gasteiger partial charge in [0.25, 0.3) is 0 Å². The lowest BCUT2D eigenvalue weighted by Gasteiger charge is -2.27. The summed E-state index contributed by atoms with van der Waals surface area (Å²) in [5, 5.41) is 13.8. The number of hydrogen-bond donors (Lipinski definition) is 6. The third-order valence-corrected chi connectivity index (χ3v) is 4.35. The topological polar surface area (TPSA) is 228 Å². The van der Waals surface area contributed by atoms with Gasteiger partial charge in [0.05, 0.1) is 18.9 Å². The predicted molar refractivity (Wildman–Crippen MR) is 97.5 cm³/mol. The van der Waals surface area contributed by atoms with Gasteiger partial charge in [-0.2, -0.15) is 0 Å². The Hall–Kier alpha value is -3.22. The van der Waals surface area contributed by atoms with Gasteiger partial charge in [-0.1, -0.05) is 0 Å². The van der Waals surface area contributed by atoms with Crippen molar-refractivity contribution >= 4 is 35.5 Å². The summed E-state index contributed by atoms with van der Waals surface area (Å²) in [6.07, 6.45) is -0.254. The Morgan fingerprint density at radius 2 is 1.62 bits per heavy atom. The minimum absolute atomic E-state index is 0.162. The van der Waals surface area contributed by atoms with E-state index in [4.69, 9.17) is 17.2 Å². The first-order chi connectivity index (χ1) is 13.4. The Kier molecular flexibility index (Phi) is 8.51. The lowest BCUT2D eigenvalue weighted by atomic mass is 10.1. The number of carbonyl (C=O) groups is 6. The number of rotatable bonds is 10. The number of nitrogens with two attached hydrogens (primary N) is 3. The number of hydrogen-bond acceptors (Lipinski definition) is 7. The van der Waals surface area contributed by atoms with Crippen LogP contribution in [0.1, 0.15) is 32.6 Å². The van der Waals surface area contributed by atoms with Gasteiger partial charge in [0.2, 0.25) is 29.5 Å². The van der Waals surface area contributed by atoms with Crippen molar-refractivity contribution in [2.45, 2.75) is 56.8 Å². The molecule has 0 aromatic rings. The molecule has 1 aliphatic heterocycles.